The molecular weight excluding hydrogens is 459 g/mol. The average molecular weight is 480 g/mol. The summed E-state index contributed by atoms with van der Waals surface area (Å²) >= 11 is 6.00. The van der Waals surface area contributed by atoms with Gasteiger partial charge >= 0.3 is 12.2 Å². The van der Waals surface area contributed by atoms with E-state index >= 15 is 0 Å². The number of furan rings is 1. The quantitative estimate of drug-likeness (QED) is 0.499. The third-order valence-corrected chi connectivity index (χ3v) is 5.94. The Labute approximate surface area is 192 Å². The molecule has 3 aromatic rings. The summed E-state index contributed by atoms with van der Waals surface area (Å²) in [5.74, 6) is -0.0740. The number of alkyl halides is 3. The minimum atomic E-state index is -4.56. The van der Waals surface area contributed by atoms with E-state index in [2.05, 4.69) is 5.32 Å². The van der Waals surface area contributed by atoms with Gasteiger partial charge in [0, 0.05) is 30.6 Å². The van der Waals surface area contributed by atoms with Crippen LogP contribution in [0.15, 0.2) is 52.9 Å². The number of amides is 3. The highest BCUT2D eigenvalue weighted by Crippen LogP contribution is 2.34. The van der Waals surface area contributed by atoms with E-state index in [9.17, 15) is 22.8 Å². The van der Waals surface area contributed by atoms with Crippen molar-refractivity contribution in [1.82, 2.24) is 9.80 Å². The first-order valence-electron chi connectivity index (χ1n) is 10.3. The average Bonchev–Trinajstić information content (AvgIpc) is 3.17. The summed E-state index contributed by atoms with van der Waals surface area (Å²) in [4.78, 5) is 29.0. The molecule has 174 valence electrons. The number of fused-ring (bicyclic) bond motifs is 1. The monoisotopic (exact) mass is 479 g/mol. The third-order valence-electron chi connectivity index (χ3n) is 5.61. The highest BCUT2D eigenvalue weighted by Gasteiger charge is 2.37. The largest absolute Gasteiger partial charge is 0.451 e. The molecule has 33 heavy (non-hydrogen) atoms. The van der Waals surface area contributed by atoms with Crippen molar-refractivity contribution in [2.24, 2.45) is 0 Å². The zero-order chi connectivity index (χ0) is 23.9. The number of anilines is 1. The third kappa shape index (κ3) is 4.64. The molecule has 1 aliphatic heterocycles. The van der Waals surface area contributed by atoms with Crippen LogP contribution >= 0.6 is 11.6 Å². The highest BCUT2D eigenvalue weighted by atomic mass is 35.5. The Bertz CT molecular complexity index is 1170. The van der Waals surface area contributed by atoms with Gasteiger partial charge in [-0.05, 0) is 44.2 Å². The molecule has 2 heterocycles. The summed E-state index contributed by atoms with van der Waals surface area (Å²) in [6, 6.07) is 10.3. The fourth-order valence-corrected chi connectivity index (χ4v) is 4.27. The van der Waals surface area contributed by atoms with E-state index in [1.807, 2.05) is 18.2 Å². The Kier molecular flexibility index (Phi) is 6.00. The lowest BCUT2D eigenvalue weighted by Crippen LogP contribution is -2.60. The summed E-state index contributed by atoms with van der Waals surface area (Å²) in [5.41, 5.74) is -0.431. The van der Waals surface area contributed by atoms with E-state index < -0.39 is 29.9 Å². The molecule has 2 atom stereocenters. The van der Waals surface area contributed by atoms with Gasteiger partial charge in [-0.2, -0.15) is 13.2 Å². The maximum absolute atomic E-state index is 13.0. The Balaban J connectivity index is 1.48. The molecule has 0 bridgehead atoms. The van der Waals surface area contributed by atoms with Gasteiger partial charge in [0.1, 0.15) is 5.58 Å². The number of urea groups is 1. The predicted molar refractivity (Wildman–Crippen MR) is 118 cm³/mol. The van der Waals surface area contributed by atoms with Crippen molar-refractivity contribution in [1.29, 1.82) is 0 Å². The molecule has 10 heteroatoms. The van der Waals surface area contributed by atoms with Crippen LogP contribution in [0.2, 0.25) is 5.02 Å². The summed E-state index contributed by atoms with van der Waals surface area (Å²) in [6.07, 6.45) is -4.56. The first-order chi connectivity index (χ1) is 15.5. The second kappa shape index (κ2) is 8.62. The number of nitrogens with zero attached hydrogens (tertiary/aromatic N) is 2. The van der Waals surface area contributed by atoms with Crippen LogP contribution < -0.4 is 5.32 Å². The standard InChI is InChI=1S/C23H21ClF3N3O3/c1-13-11-29(21(31)20-9-15-5-3-4-6-19(15)33-20)12-14(2)30(13)22(32)28-18-10-16(23(25,26)27)7-8-17(18)24/h3-10,13-14H,11-12H2,1-2H3,(H,28,32). The van der Waals surface area contributed by atoms with Crippen LogP contribution in [0.1, 0.15) is 30.0 Å². The first-order valence-corrected chi connectivity index (χ1v) is 10.7. The Morgan fingerprint density at radius 3 is 2.36 bits per heavy atom. The summed E-state index contributed by atoms with van der Waals surface area (Å²) in [6.45, 7) is 4.01. The Hall–Kier alpha value is -3.20. The van der Waals surface area contributed by atoms with E-state index in [4.69, 9.17) is 16.0 Å². The van der Waals surface area contributed by atoms with Crippen LogP contribution in [0.3, 0.4) is 0 Å². The van der Waals surface area contributed by atoms with Crippen LogP contribution in [-0.4, -0.2) is 46.9 Å². The van der Waals surface area contributed by atoms with Gasteiger partial charge < -0.3 is 19.5 Å². The lowest BCUT2D eigenvalue weighted by molar-refractivity contribution is -0.137. The van der Waals surface area contributed by atoms with Crippen molar-refractivity contribution in [3.63, 3.8) is 0 Å². The van der Waals surface area contributed by atoms with Gasteiger partial charge in [-0.25, -0.2) is 4.79 Å². The maximum atomic E-state index is 13.0. The molecule has 1 fully saturated rings. The normalized spacial score (nSPS) is 19.1. The number of benzene rings is 2. The summed E-state index contributed by atoms with van der Waals surface area (Å²) in [5, 5.41) is 3.29. The fraction of sp³-hybridized carbons (Fsp3) is 0.304. The van der Waals surface area contributed by atoms with Crippen molar-refractivity contribution in [2.45, 2.75) is 32.1 Å². The lowest BCUT2D eigenvalue weighted by Gasteiger charge is -2.44. The van der Waals surface area contributed by atoms with Crippen molar-refractivity contribution in [3.05, 3.63) is 64.9 Å². The molecule has 0 saturated carbocycles. The van der Waals surface area contributed by atoms with E-state index in [0.29, 0.717) is 5.58 Å². The first kappa shape index (κ1) is 23.0. The molecule has 1 N–H and O–H groups in total. The molecule has 2 unspecified atom stereocenters. The molecule has 1 aromatic heterocycles. The molecule has 0 spiro atoms. The van der Waals surface area contributed by atoms with Gasteiger partial charge in [-0.3, -0.25) is 4.79 Å². The lowest BCUT2D eigenvalue weighted by atomic mass is 10.1. The zero-order valence-electron chi connectivity index (χ0n) is 17.8. The van der Waals surface area contributed by atoms with E-state index in [1.54, 1.807) is 30.9 Å². The zero-order valence-corrected chi connectivity index (χ0v) is 18.6. The number of rotatable bonds is 2. The van der Waals surface area contributed by atoms with Crippen molar-refractivity contribution in [2.75, 3.05) is 18.4 Å². The van der Waals surface area contributed by atoms with Crippen molar-refractivity contribution >= 4 is 40.2 Å². The number of hydrogen-bond acceptors (Lipinski definition) is 3. The van der Waals surface area contributed by atoms with Crippen molar-refractivity contribution in [3.8, 4) is 0 Å². The number of piperazine rings is 1. The number of hydrogen-bond donors (Lipinski definition) is 1. The Morgan fingerprint density at radius 2 is 1.73 bits per heavy atom. The van der Waals surface area contributed by atoms with Gasteiger partial charge in [0.05, 0.1) is 16.3 Å². The van der Waals surface area contributed by atoms with Crippen LogP contribution in [0.25, 0.3) is 11.0 Å². The molecule has 2 aromatic carbocycles. The number of para-hydroxylation sites is 1. The highest BCUT2D eigenvalue weighted by molar-refractivity contribution is 6.33. The Morgan fingerprint density at radius 1 is 1.06 bits per heavy atom. The van der Waals surface area contributed by atoms with Gasteiger partial charge in [-0.1, -0.05) is 29.8 Å². The van der Waals surface area contributed by atoms with E-state index in [-0.39, 0.29) is 35.5 Å². The molecule has 3 amide bonds. The second-order valence-corrected chi connectivity index (χ2v) is 8.49. The maximum Gasteiger partial charge on any atom is 0.416 e. The second-order valence-electron chi connectivity index (χ2n) is 8.09. The fourth-order valence-electron chi connectivity index (χ4n) is 4.11. The van der Waals surface area contributed by atoms with Crippen LogP contribution in [-0.2, 0) is 6.18 Å². The number of carbonyl (C=O) groups is 2. The van der Waals surface area contributed by atoms with Crippen LogP contribution in [0.5, 0.6) is 0 Å². The molecular formula is C23H21ClF3N3O3. The summed E-state index contributed by atoms with van der Waals surface area (Å²) < 4.78 is 44.8. The predicted octanol–water partition coefficient (Wildman–Crippen LogP) is 5.87. The molecule has 0 aliphatic carbocycles. The molecule has 0 radical (unpaired) electrons. The van der Waals surface area contributed by atoms with E-state index in [0.717, 1.165) is 23.6 Å². The number of nitrogens with one attached hydrogen (secondary N) is 1. The number of halogens is 4. The molecule has 6 nitrogen and oxygen atoms in total. The minimum Gasteiger partial charge on any atom is -0.451 e. The van der Waals surface area contributed by atoms with Gasteiger partial charge in [-0.15, -0.1) is 0 Å². The minimum absolute atomic E-state index is 0.00430. The van der Waals surface area contributed by atoms with Crippen molar-refractivity contribution < 1.29 is 27.2 Å². The molecule has 1 saturated heterocycles. The topological polar surface area (TPSA) is 65.8 Å². The smallest absolute Gasteiger partial charge is 0.416 e. The van der Waals surface area contributed by atoms with Gasteiger partial charge in [0.15, 0.2) is 5.76 Å². The van der Waals surface area contributed by atoms with Crippen LogP contribution in [0, 0.1) is 0 Å². The summed E-state index contributed by atoms with van der Waals surface area (Å²) in [7, 11) is 0. The number of carbonyl (C=O) groups excluding carboxylic acids is 2. The van der Waals surface area contributed by atoms with Gasteiger partial charge in [0.25, 0.3) is 5.91 Å². The van der Waals surface area contributed by atoms with Gasteiger partial charge in [0.2, 0.25) is 0 Å². The van der Waals surface area contributed by atoms with Crippen LogP contribution in [0.4, 0.5) is 23.7 Å². The molecule has 1 aliphatic rings. The molecule has 4 rings (SSSR count). The van der Waals surface area contributed by atoms with E-state index in [1.165, 1.54) is 4.90 Å². The SMILES string of the molecule is CC1CN(C(=O)c2cc3ccccc3o2)CC(C)N1C(=O)Nc1cc(C(F)(F)F)ccc1Cl.